The highest BCUT2D eigenvalue weighted by atomic mass is 35.5. The van der Waals surface area contributed by atoms with Crippen molar-refractivity contribution in [2.24, 2.45) is 0 Å². The number of carbonyl (C=O) groups is 1. The molecule has 2 saturated heterocycles. The molecule has 1 aromatic rings. The Kier molecular flexibility index (Phi) is 5.47. The van der Waals surface area contributed by atoms with Crippen molar-refractivity contribution in [3.05, 3.63) is 34.9 Å². The summed E-state index contributed by atoms with van der Waals surface area (Å²) in [6, 6.07) is 7.75. The van der Waals surface area contributed by atoms with Crippen molar-refractivity contribution < 1.29 is 13.2 Å². The van der Waals surface area contributed by atoms with Gasteiger partial charge < -0.3 is 4.90 Å². The van der Waals surface area contributed by atoms with Crippen molar-refractivity contribution in [1.82, 2.24) is 9.80 Å². The number of halogens is 1. The lowest BCUT2D eigenvalue weighted by Gasteiger charge is -2.37. The Morgan fingerprint density at radius 1 is 1.17 bits per heavy atom. The number of sulfone groups is 1. The van der Waals surface area contributed by atoms with Crippen LogP contribution in [-0.2, 0) is 21.1 Å². The highest BCUT2D eigenvalue weighted by Gasteiger charge is 2.34. The Morgan fingerprint density at radius 3 is 2.50 bits per heavy atom. The van der Waals surface area contributed by atoms with Gasteiger partial charge in [0.15, 0.2) is 9.84 Å². The molecule has 0 aromatic heterocycles. The molecule has 0 spiro atoms. The second kappa shape index (κ2) is 7.42. The van der Waals surface area contributed by atoms with Gasteiger partial charge in [0.1, 0.15) is 0 Å². The molecule has 0 N–H and O–H groups in total. The van der Waals surface area contributed by atoms with Crippen molar-refractivity contribution in [3.8, 4) is 0 Å². The summed E-state index contributed by atoms with van der Waals surface area (Å²) in [4.78, 5) is 16.5. The number of benzene rings is 1. The van der Waals surface area contributed by atoms with Gasteiger partial charge in [-0.25, -0.2) is 8.42 Å². The summed E-state index contributed by atoms with van der Waals surface area (Å²) in [5.41, 5.74) is 1.00. The van der Waals surface area contributed by atoms with Gasteiger partial charge in [0.25, 0.3) is 0 Å². The average Bonchev–Trinajstić information content (AvgIpc) is 2.94. The fraction of sp³-hybridized carbons (Fsp3) is 0.588. The van der Waals surface area contributed by atoms with E-state index in [0.717, 1.165) is 25.1 Å². The second-order valence-electron chi connectivity index (χ2n) is 6.57. The van der Waals surface area contributed by atoms with Crippen LogP contribution in [0.1, 0.15) is 18.4 Å². The molecule has 1 aromatic carbocycles. The molecule has 24 heavy (non-hydrogen) atoms. The van der Waals surface area contributed by atoms with Gasteiger partial charge in [0.2, 0.25) is 5.91 Å². The second-order valence-corrected chi connectivity index (χ2v) is 9.20. The van der Waals surface area contributed by atoms with Crippen LogP contribution in [0.2, 0.25) is 5.02 Å². The SMILES string of the molecule is O=C(CCc1ccccc1Cl)N1CCN([C@@H]2CCS(=O)(=O)C2)CC1. The van der Waals surface area contributed by atoms with Crippen molar-refractivity contribution in [1.29, 1.82) is 0 Å². The Hall–Kier alpha value is -1.11. The maximum Gasteiger partial charge on any atom is 0.222 e. The molecule has 0 radical (unpaired) electrons. The lowest BCUT2D eigenvalue weighted by Crippen LogP contribution is -2.52. The lowest BCUT2D eigenvalue weighted by molar-refractivity contribution is -0.133. The number of piperazine rings is 1. The topological polar surface area (TPSA) is 57.7 Å². The van der Waals surface area contributed by atoms with E-state index >= 15 is 0 Å². The smallest absolute Gasteiger partial charge is 0.222 e. The van der Waals surface area contributed by atoms with Crippen LogP contribution < -0.4 is 0 Å². The first-order chi connectivity index (χ1) is 11.4. The first kappa shape index (κ1) is 17.7. The molecule has 2 aliphatic rings. The predicted molar refractivity (Wildman–Crippen MR) is 95.0 cm³/mol. The minimum absolute atomic E-state index is 0.135. The monoisotopic (exact) mass is 370 g/mol. The number of amides is 1. The van der Waals surface area contributed by atoms with Gasteiger partial charge >= 0.3 is 0 Å². The van der Waals surface area contributed by atoms with Crippen molar-refractivity contribution in [2.75, 3.05) is 37.7 Å². The molecular weight excluding hydrogens is 348 g/mol. The van der Waals surface area contributed by atoms with Gasteiger partial charge in [-0.3, -0.25) is 9.69 Å². The fourth-order valence-corrected chi connectivity index (χ4v) is 5.49. The summed E-state index contributed by atoms with van der Waals surface area (Å²) < 4.78 is 23.2. The number of hydrogen-bond acceptors (Lipinski definition) is 4. The van der Waals surface area contributed by atoms with E-state index < -0.39 is 9.84 Å². The molecule has 2 fully saturated rings. The number of hydrogen-bond donors (Lipinski definition) is 0. The largest absolute Gasteiger partial charge is 0.340 e. The highest BCUT2D eigenvalue weighted by molar-refractivity contribution is 7.91. The molecular formula is C17H23ClN2O3S. The van der Waals surface area contributed by atoms with E-state index in [9.17, 15) is 13.2 Å². The minimum Gasteiger partial charge on any atom is -0.340 e. The Bertz CT molecular complexity index is 700. The normalized spacial score (nSPS) is 24.2. The van der Waals surface area contributed by atoms with Gasteiger partial charge in [-0.1, -0.05) is 29.8 Å². The van der Waals surface area contributed by atoms with E-state index in [1.165, 1.54) is 0 Å². The maximum atomic E-state index is 12.4. The van der Waals surface area contributed by atoms with E-state index in [4.69, 9.17) is 11.6 Å². The van der Waals surface area contributed by atoms with Crippen LogP contribution in [-0.4, -0.2) is 67.9 Å². The fourth-order valence-electron chi connectivity index (χ4n) is 3.50. The first-order valence-electron chi connectivity index (χ1n) is 8.40. The van der Waals surface area contributed by atoms with Crippen molar-refractivity contribution in [3.63, 3.8) is 0 Å². The molecule has 0 aliphatic carbocycles. The lowest BCUT2D eigenvalue weighted by atomic mass is 10.1. The van der Waals surface area contributed by atoms with E-state index in [1.54, 1.807) is 0 Å². The molecule has 0 unspecified atom stereocenters. The third-order valence-electron chi connectivity index (χ3n) is 4.96. The third kappa shape index (κ3) is 4.29. The molecule has 2 heterocycles. The van der Waals surface area contributed by atoms with E-state index in [1.807, 2.05) is 29.2 Å². The van der Waals surface area contributed by atoms with Crippen LogP contribution in [0.3, 0.4) is 0 Å². The first-order valence-corrected chi connectivity index (χ1v) is 10.6. The standard InChI is InChI=1S/C17H23ClN2O3S/c18-16-4-2-1-3-14(16)5-6-17(21)20-10-8-19(9-11-20)15-7-12-24(22,23)13-15/h1-4,15H,5-13H2/t15-/m1/s1. The summed E-state index contributed by atoms with van der Waals surface area (Å²) in [6.07, 6.45) is 1.84. The molecule has 1 amide bonds. The minimum atomic E-state index is -2.85. The number of nitrogens with zero attached hydrogens (tertiary/aromatic N) is 2. The Labute approximate surface area is 148 Å². The molecule has 3 rings (SSSR count). The van der Waals surface area contributed by atoms with Crippen LogP contribution in [0.5, 0.6) is 0 Å². The van der Waals surface area contributed by atoms with Gasteiger partial charge in [-0.15, -0.1) is 0 Å². The van der Waals surface area contributed by atoms with Crippen LogP contribution in [0, 0.1) is 0 Å². The molecule has 0 saturated carbocycles. The van der Waals surface area contributed by atoms with Gasteiger partial charge in [-0.2, -0.15) is 0 Å². The average molecular weight is 371 g/mol. The molecule has 0 bridgehead atoms. The number of rotatable bonds is 4. The summed E-state index contributed by atoms with van der Waals surface area (Å²) >= 11 is 6.13. The van der Waals surface area contributed by atoms with Gasteiger partial charge in [0, 0.05) is 43.7 Å². The summed E-state index contributed by atoms with van der Waals surface area (Å²) in [7, 11) is -2.85. The zero-order chi connectivity index (χ0) is 17.2. The summed E-state index contributed by atoms with van der Waals surface area (Å²) in [5, 5.41) is 0.706. The van der Waals surface area contributed by atoms with Gasteiger partial charge in [0.05, 0.1) is 11.5 Å². The molecule has 1 atom stereocenters. The maximum absolute atomic E-state index is 12.4. The highest BCUT2D eigenvalue weighted by Crippen LogP contribution is 2.20. The quantitative estimate of drug-likeness (QED) is 0.807. The predicted octanol–water partition coefficient (Wildman–Crippen LogP) is 1.60. The zero-order valence-electron chi connectivity index (χ0n) is 13.7. The van der Waals surface area contributed by atoms with E-state index in [-0.39, 0.29) is 17.7 Å². The van der Waals surface area contributed by atoms with Crippen LogP contribution in [0.25, 0.3) is 0 Å². The summed E-state index contributed by atoms with van der Waals surface area (Å²) in [5.74, 6) is 0.718. The van der Waals surface area contributed by atoms with Crippen LogP contribution >= 0.6 is 11.6 Å². The van der Waals surface area contributed by atoms with Crippen LogP contribution in [0.4, 0.5) is 0 Å². The molecule has 7 heteroatoms. The zero-order valence-corrected chi connectivity index (χ0v) is 15.2. The Balaban J connectivity index is 1.46. The Morgan fingerprint density at radius 2 is 1.88 bits per heavy atom. The summed E-state index contributed by atoms with van der Waals surface area (Å²) in [6.45, 7) is 2.88. The third-order valence-corrected chi connectivity index (χ3v) is 7.08. The number of carbonyl (C=O) groups excluding carboxylic acids is 1. The van der Waals surface area contributed by atoms with E-state index in [0.29, 0.717) is 36.7 Å². The number of aryl methyl sites for hydroxylation is 1. The molecule has 5 nitrogen and oxygen atoms in total. The molecule has 2 aliphatic heterocycles. The van der Waals surface area contributed by atoms with Crippen LogP contribution in [0.15, 0.2) is 24.3 Å². The molecule has 132 valence electrons. The van der Waals surface area contributed by atoms with Crippen molar-refractivity contribution >= 4 is 27.3 Å². The van der Waals surface area contributed by atoms with E-state index in [2.05, 4.69) is 4.90 Å². The van der Waals surface area contributed by atoms with Crippen molar-refractivity contribution in [2.45, 2.75) is 25.3 Å². The van der Waals surface area contributed by atoms with Gasteiger partial charge in [-0.05, 0) is 24.5 Å².